The number of hydrogen-bond acceptors (Lipinski definition) is 2. The van der Waals surface area contributed by atoms with E-state index < -0.39 is 23.4 Å². The second-order valence-corrected chi connectivity index (χ2v) is 6.59. The molecule has 142 valence electrons. The molecule has 0 atom stereocenters. The van der Waals surface area contributed by atoms with Gasteiger partial charge in [0.25, 0.3) is 11.8 Å². The quantitative estimate of drug-likeness (QED) is 0.830. The molecule has 2 amide bonds. The van der Waals surface area contributed by atoms with Crippen molar-refractivity contribution in [1.82, 2.24) is 5.32 Å². The van der Waals surface area contributed by atoms with Gasteiger partial charge < -0.3 is 10.6 Å². The Kier molecular flexibility index (Phi) is 5.78. The van der Waals surface area contributed by atoms with Crippen molar-refractivity contribution in [3.05, 3.63) is 65.0 Å². The van der Waals surface area contributed by atoms with E-state index in [4.69, 9.17) is 0 Å². The molecule has 1 fully saturated rings. The molecule has 2 aromatic carbocycles. The molecule has 27 heavy (non-hydrogen) atoms. The number of nitrogens with one attached hydrogen (secondary N) is 2. The van der Waals surface area contributed by atoms with E-state index in [0.717, 1.165) is 62.4 Å². The van der Waals surface area contributed by atoms with E-state index in [1.165, 1.54) is 6.07 Å². The molecular weight excluding hydrogens is 357 g/mol. The lowest BCUT2D eigenvalue weighted by Crippen LogP contribution is -2.36. The summed E-state index contributed by atoms with van der Waals surface area (Å²) in [4.78, 5) is 24.7. The van der Waals surface area contributed by atoms with Gasteiger partial charge in [-0.05, 0) is 43.2 Å². The maximum Gasteiger partial charge on any atom is 0.258 e. The standard InChI is InChI=1S/C20H19F3N2O2/c21-16-8-6-12(19(26)24-13-4-2-1-3-5-13)10-15(16)20(27)25-14-7-9-17(22)18(23)11-14/h6-11,13H,1-5H2,(H,24,26)(H,25,27). The van der Waals surface area contributed by atoms with Crippen LogP contribution in [0, 0.1) is 17.5 Å². The van der Waals surface area contributed by atoms with Crippen LogP contribution in [0.1, 0.15) is 52.8 Å². The molecule has 0 saturated heterocycles. The second kappa shape index (κ2) is 8.24. The summed E-state index contributed by atoms with van der Waals surface area (Å²) >= 11 is 0. The van der Waals surface area contributed by atoms with Gasteiger partial charge in [0.1, 0.15) is 5.82 Å². The first-order valence-corrected chi connectivity index (χ1v) is 8.81. The molecule has 0 radical (unpaired) electrons. The topological polar surface area (TPSA) is 58.2 Å². The Hall–Kier alpha value is -2.83. The van der Waals surface area contributed by atoms with Crippen LogP contribution < -0.4 is 10.6 Å². The molecule has 3 rings (SSSR count). The molecule has 1 saturated carbocycles. The molecule has 1 aliphatic carbocycles. The minimum atomic E-state index is -1.13. The molecule has 0 unspecified atom stereocenters. The number of amides is 2. The fourth-order valence-electron chi connectivity index (χ4n) is 3.13. The lowest BCUT2D eigenvalue weighted by atomic mass is 9.95. The predicted molar refractivity (Wildman–Crippen MR) is 95.1 cm³/mol. The summed E-state index contributed by atoms with van der Waals surface area (Å²) in [7, 11) is 0. The van der Waals surface area contributed by atoms with Crippen molar-refractivity contribution in [3.8, 4) is 0 Å². The molecule has 0 heterocycles. The lowest BCUT2D eigenvalue weighted by Gasteiger charge is -2.22. The molecule has 1 aliphatic rings. The Morgan fingerprint density at radius 2 is 1.52 bits per heavy atom. The smallest absolute Gasteiger partial charge is 0.258 e. The van der Waals surface area contributed by atoms with Crippen LogP contribution in [0.25, 0.3) is 0 Å². The van der Waals surface area contributed by atoms with E-state index >= 15 is 0 Å². The molecule has 2 aromatic rings. The molecule has 0 aromatic heterocycles. The van der Waals surface area contributed by atoms with Gasteiger partial charge in [0.2, 0.25) is 0 Å². The van der Waals surface area contributed by atoms with Gasteiger partial charge in [0, 0.05) is 23.4 Å². The van der Waals surface area contributed by atoms with Crippen LogP contribution >= 0.6 is 0 Å². The van der Waals surface area contributed by atoms with Crippen LogP contribution in [0.15, 0.2) is 36.4 Å². The fourth-order valence-corrected chi connectivity index (χ4v) is 3.13. The first-order chi connectivity index (χ1) is 12.9. The van der Waals surface area contributed by atoms with Crippen LogP contribution in [-0.2, 0) is 0 Å². The van der Waals surface area contributed by atoms with E-state index in [1.54, 1.807) is 0 Å². The van der Waals surface area contributed by atoms with Crippen molar-refractivity contribution >= 4 is 17.5 Å². The molecule has 2 N–H and O–H groups in total. The van der Waals surface area contributed by atoms with Gasteiger partial charge in [-0.2, -0.15) is 0 Å². The van der Waals surface area contributed by atoms with Crippen LogP contribution in [-0.4, -0.2) is 17.9 Å². The summed E-state index contributed by atoms with van der Waals surface area (Å²) in [6.07, 6.45) is 5.05. The first-order valence-electron chi connectivity index (χ1n) is 8.81. The number of anilines is 1. The monoisotopic (exact) mass is 376 g/mol. The first kappa shape index (κ1) is 18.9. The van der Waals surface area contributed by atoms with Crippen molar-refractivity contribution in [2.24, 2.45) is 0 Å². The van der Waals surface area contributed by atoms with Crippen LogP contribution in [0.4, 0.5) is 18.9 Å². The summed E-state index contributed by atoms with van der Waals surface area (Å²) < 4.78 is 40.3. The highest BCUT2D eigenvalue weighted by molar-refractivity contribution is 6.06. The Morgan fingerprint density at radius 1 is 0.815 bits per heavy atom. The fraction of sp³-hybridized carbons (Fsp3) is 0.300. The largest absolute Gasteiger partial charge is 0.349 e. The minimum Gasteiger partial charge on any atom is -0.349 e. The Labute approximate surface area is 154 Å². The van der Waals surface area contributed by atoms with Gasteiger partial charge in [-0.1, -0.05) is 19.3 Å². The number of carbonyl (C=O) groups excluding carboxylic acids is 2. The summed E-state index contributed by atoms with van der Waals surface area (Å²) in [5.41, 5.74) is -0.205. The van der Waals surface area contributed by atoms with Gasteiger partial charge in [0.05, 0.1) is 5.56 Å². The van der Waals surface area contributed by atoms with E-state index in [1.807, 2.05) is 0 Å². The summed E-state index contributed by atoms with van der Waals surface area (Å²) in [5, 5.41) is 5.20. The van der Waals surface area contributed by atoms with Gasteiger partial charge in [-0.15, -0.1) is 0 Å². The number of hydrogen-bond donors (Lipinski definition) is 2. The SMILES string of the molecule is O=C(NC1CCCCC1)c1ccc(F)c(C(=O)Nc2ccc(F)c(F)c2)c1. The van der Waals surface area contributed by atoms with Crippen LogP contribution in [0.3, 0.4) is 0 Å². The van der Waals surface area contributed by atoms with Crippen LogP contribution in [0.5, 0.6) is 0 Å². The number of halogens is 3. The predicted octanol–water partition coefficient (Wildman–Crippen LogP) is 4.42. The van der Waals surface area contributed by atoms with E-state index in [0.29, 0.717) is 0 Å². The molecule has 0 spiro atoms. The average molecular weight is 376 g/mol. The third-order valence-electron chi connectivity index (χ3n) is 4.59. The van der Waals surface area contributed by atoms with Crippen LogP contribution in [0.2, 0.25) is 0 Å². The molecule has 0 aliphatic heterocycles. The summed E-state index contributed by atoms with van der Waals surface area (Å²) in [6, 6.07) is 6.39. The highest BCUT2D eigenvalue weighted by Gasteiger charge is 2.19. The van der Waals surface area contributed by atoms with Crippen molar-refractivity contribution < 1.29 is 22.8 Å². The third kappa shape index (κ3) is 4.67. The Bertz CT molecular complexity index is 864. The number of carbonyl (C=O) groups is 2. The van der Waals surface area contributed by atoms with Crippen molar-refractivity contribution in [2.45, 2.75) is 38.1 Å². The zero-order valence-corrected chi connectivity index (χ0v) is 14.5. The van der Waals surface area contributed by atoms with Gasteiger partial charge in [-0.3, -0.25) is 9.59 Å². The minimum absolute atomic E-state index is 0.0182. The van der Waals surface area contributed by atoms with Gasteiger partial charge in [-0.25, -0.2) is 13.2 Å². The molecule has 4 nitrogen and oxygen atoms in total. The number of benzene rings is 2. The molecule has 0 bridgehead atoms. The van der Waals surface area contributed by atoms with Gasteiger partial charge in [0.15, 0.2) is 11.6 Å². The van der Waals surface area contributed by atoms with Crippen molar-refractivity contribution in [3.63, 3.8) is 0 Å². The van der Waals surface area contributed by atoms with Crippen molar-refractivity contribution in [2.75, 3.05) is 5.32 Å². The zero-order valence-electron chi connectivity index (χ0n) is 14.5. The Morgan fingerprint density at radius 3 is 2.22 bits per heavy atom. The Balaban J connectivity index is 1.74. The van der Waals surface area contributed by atoms with Gasteiger partial charge >= 0.3 is 0 Å². The highest BCUT2D eigenvalue weighted by Crippen LogP contribution is 2.19. The number of rotatable bonds is 4. The van der Waals surface area contributed by atoms with E-state index in [9.17, 15) is 22.8 Å². The second-order valence-electron chi connectivity index (χ2n) is 6.59. The molecule has 7 heteroatoms. The third-order valence-corrected chi connectivity index (χ3v) is 4.59. The average Bonchev–Trinajstić information content (AvgIpc) is 2.65. The van der Waals surface area contributed by atoms with E-state index in [-0.39, 0.29) is 28.8 Å². The maximum atomic E-state index is 14.1. The zero-order chi connectivity index (χ0) is 19.4. The van der Waals surface area contributed by atoms with Crippen molar-refractivity contribution in [1.29, 1.82) is 0 Å². The maximum absolute atomic E-state index is 14.1. The van der Waals surface area contributed by atoms with E-state index in [2.05, 4.69) is 10.6 Å². The summed E-state index contributed by atoms with van der Waals surface area (Å²) in [6.45, 7) is 0. The normalized spacial score (nSPS) is 14.6. The summed E-state index contributed by atoms with van der Waals surface area (Å²) in [5.74, 6) is -4.23. The lowest BCUT2D eigenvalue weighted by molar-refractivity contribution is 0.0927. The molecular formula is C20H19F3N2O2. The highest BCUT2D eigenvalue weighted by atomic mass is 19.2.